The molecule has 5 heteroatoms. The summed E-state index contributed by atoms with van der Waals surface area (Å²) >= 11 is 0. The number of nitrogens with one attached hydrogen (secondary N) is 1. The van der Waals surface area contributed by atoms with Crippen LogP contribution in [0.2, 0.25) is 0 Å². The molecule has 1 aliphatic rings. The van der Waals surface area contributed by atoms with E-state index in [0.29, 0.717) is 24.7 Å². The number of carbonyl (C=O) groups is 1. The molecule has 0 aliphatic carbocycles. The van der Waals surface area contributed by atoms with Gasteiger partial charge >= 0.3 is 0 Å². The number of hydrogen-bond acceptors (Lipinski definition) is 3. The Morgan fingerprint density at radius 1 is 1.16 bits per heavy atom. The van der Waals surface area contributed by atoms with Crippen LogP contribution in [0.3, 0.4) is 0 Å². The first-order valence-electron chi connectivity index (χ1n) is 8.81. The maximum Gasteiger partial charge on any atom is 0.259 e. The van der Waals surface area contributed by atoms with E-state index in [9.17, 15) is 9.59 Å². The lowest BCUT2D eigenvalue weighted by Gasteiger charge is -2.26. The number of pyridine rings is 1. The number of aromatic nitrogens is 1. The fourth-order valence-corrected chi connectivity index (χ4v) is 3.29. The summed E-state index contributed by atoms with van der Waals surface area (Å²) in [5.41, 5.74) is 1.91. The number of amides is 1. The van der Waals surface area contributed by atoms with Gasteiger partial charge in [0.25, 0.3) is 5.91 Å². The van der Waals surface area contributed by atoms with Gasteiger partial charge in [0.05, 0.1) is 0 Å². The average Bonchev–Trinajstić information content (AvgIpc) is 2.80. The van der Waals surface area contributed by atoms with Crippen LogP contribution in [0.5, 0.6) is 0 Å². The third-order valence-corrected chi connectivity index (χ3v) is 4.97. The van der Waals surface area contributed by atoms with Crippen molar-refractivity contribution in [3.63, 3.8) is 0 Å². The lowest BCUT2D eigenvalue weighted by Crippen LogP contribution is -2.38. The Morgan fingerprint density at radius 3 is 2.68 bits per heavy atom. The molecule has 1 aromatic carbocycles. The summed E-state index contributed by atoms with van der Waals surface area (Å²) in [6.07, 6.45) is 4.06. The number of aryl methyl sites for hydroxylation is 1. The first-order chi connectivity index (χ1) is 12.1. The molecule has 1 unspecified atom stereocenters. The highest BCUT2D eigenvalue weighted by molar-refractivity contribution is 5.94. The Morgan fingerprint density at radius 2 is 1.92 bits per heavy atom. The lowest BCUT2D eigenvalue weighted by atomic mass is 10.1. The smallest absolute Gasteiger partial charge is 0.259 e. The predicted molar refractivity (Wildman–Crippen MR) is 98.6 cm³/mol. The first-order valence-corrected chi connectivity index (χ1v) is 8.81. The summed E-state index contributed by atoms with van der Waals surface area (Å²) < 4.78 is 0. The molecular weight excluding hydrogens is 314 g/mol. The third kappa shape index (κ3) is 3.99. The SMILES string of the molecule is Cc1c[nH]cc(C(=O)N2CCC(C)N(Cc3ccccc3)CC2)c1=O. The monoisotopic (exact) mass is 339 g/mol. The van der Waals surface area contributed by atoms with Gasteiger partial charge in [0.1, 0.15) is 5.56 Å². The molecule has 1 aliphatic heterocycles. The summed E-state index contributed by atoms with van der Waals surface area (Å²) in [7, 11) is 0. The van der Waals surface area contributed by atoms with Crippen molar-refractivity contribution in [3.05, 3.63) is 69.6 Å². The first kappa shape index (κ1) is 17.4. The zero-order valence-corrected chi connectivity index (χ0v) is 14.9. The fourth-order valence-electron chi connectivity index (χ4n) is 3.29. The van der Waals surface area contributed by atoms with Crippen LogP contribution in [0.1, 0.15) is 34.8 Å². The topological polar surface area (TPSA) is 56.4 Å². The van der Waals surface area contributed by atoms with Crippen molar-refractivity contribution < 1.29 is 4.79 Å². The van der Waals surface area contributed by atoms with Crippen molar-refractivity contribution in [2.45, 2.75) is 32.9 Å². The van der Waals surface area contributed by atoms with Gasteiger partial charge in [-0.15, -0.1) is 0 Å². The summed E-state index contributed by atoms with van der Waals surface area (Å²) in [4.78, 5) is 32.1. The molecule has 1 N–H and O–H groups in total. The number of carbonyl (C=O) groups excluding carboxylic acids is 1. The van der Waals surface area contributed by atoms with Gasteiger partial charge in [-0.2, -0.15) is 0 Å². The van der Waals surface area contributed by atoms with Crippen molar-refractivity contribution in [1.29, 1.82) is 0 Å². The van der Waals surface area contributed by atoms with Crippen LogP contribution >= 0.6 is 0 Å². The van der Waals surface area contributed by atoms with Gasteiger partial charge in [0.15, 0.2) is 5.43 Å². The lowest BCUT2D eigenvalue weighted by molar-refractivity contribution is 0.0759. The van der Waals surface area contributed by atoms with E-state index >= 15 is 0 Å². The highest BCUT2D eigenvalue weighted by Gasteiger charge is 2.25. The van der Waals surface area contributed by atoms with Gasteiger partial charge in [-0.25, -0.2) is 0 Å². The van der Waals surface area contributed by atoms with E-state index in [1.165, 1.54) is 11.8 Å². The highest BCUT2D eigenvalue weighted by Crippen LogP contribution is 2.16. The molecule has 1 atom stereocenters. The molecule has 1 saturated heterocycles. The van der Waals surface area contributed by atoms with Gasteiger partial charge in [-0.3, -0.25) is 14.5 Å². The minimum Gasteiger partial charge on any atom is -0.366 e. The molecule has 132 valence electrons. The maximum atomic E-state index is 12.8. The zero-order valence-electron chi connectivity index (χ0n) is 14.9. The van der Waals surface area contributed by atoms with Crippen LogP contribution in [-0.2, 0) is 6.54 Å². The molecule has 2 heterocycles. The second-order valence-corrected chi connectivity index (χ2v) is 6.77. The van der Waals surface area contributed by atoms with Gasteiger partial charge in [-0.1, -0.05) is 30.3 Å². The molecule has 1 amide bonds. The zero-order chi connectivity index (χ0) is 17.8. The molecular formula is C20H25N3O2. The summed E-state index contributed by atoms with van der Waals surface area (Å²) in [5, 5.41) is 0. The van der Waals surface area contributed by atoms with E-state index in [-0.39, 0.29) is 16.9 Å². The molecule has 5 nitrogen and oxygen atoms in total. The van der Waals surface area contributed by atoms with E-state index in [1.54, 1.807) is 13.1 Å². The van der Waals surface area contributed by atoms with E-state index in [1.807, 2.05) is 11.0 Å². The number of nitrogens with zero attached hydrogens (tertiary/aromatic N) is 2. The van der Waals surface area contributed by atoms with Crippen LogP contribution in [0.4, 0.5) is 0 Å². The van der Waals surface area contributed by atoms with Crippen molar-refractivity contribution >= 4 is 5.91 Å². The Labute approximate surface area is 148 Å². The second kappa shape index (κ2) is 7.66. The van der Waals surface area contributed by atoms with Crippen molar-refractivity contribution in [1.82, 2.24) is 14.8 Å². The second-order valence-electron chi connectivity index (χ2n) is 6.77. The van der Waals surface area contributed by atoms with Gasteiger partial charge in [-0.05, 0) is 25.8 Å². The molecule has 0 bridgehead atoms. The van der Waals surface area contributed by atoms with Crippen LogP contribution in [0.25, 0.3) is 0 Å². The van der Waals surface area contributed by atoms with Crippen molar-refractivity contribution in [3.8, 4) is 0 Å². The Balaban J connectivity index is 1.71. The number of hydrogen-bond donors (Lipinski definition) is 1. The molecule has 25 heavy (non-hydrogen) atoms. The minimum atomic E-state index is -0.179. The van der Waals surface area contributed by atoms with Crippen LogP contribution < -0.4 is 5.43 Å². The normalized spacial score (nSPS) is 18.8. The van der Waals surface area contributed by atoms with E-state index in [4.69, 9.17) is 0 Å². The van der Waals surface area contributed by atoms with Crippen molar-refractivity contribution in [2.24, 2.45) is 0 Å². The summed E-state index contributed by atoms with van der Waals surface area (Å²) in [6, 6.07) is 10.8. The van der Waals surface area contributed by atoms with Crippen molar-refractivity contribution in [2.75, 3.05) is 19.6 Å². The fraction of sp³-hybridized carbons (Fsp3) is 0.400. The number of H-pyrrole nitrogens is 1. The molecule has 2 aromatic rings. The van der Waals surface area contributed by atoms with E-state index < -0.39 is 0 Å². The third-order valence-electron chi connectivity index (χ3n) is 4.97. The molecule has 0 spiro atoms. The summed E-state index contributed by atoms with van der Waals surface area (Å²) in [5.74, 6) is -0.168. The summed E-state index contributed by atoms with van der Waals surface area (Å²) in [6.45, 7) is 6.95. The maximum absolute atomic E-state index is 12.8. The molecule has 3 rings (SSSR count). The molecule has 1 fully saturated rings. The molecule has 0 radical (unpaired) electrons. The largest absolute Gasteiger partial charge is 0.366 e. The van der Waals surface area contributed by atoms with Crippen LogP contribution in [0.15, 0.2) is 47.5 Å². The van der Waals surface area contributed by atoms with E-state index in [0.717, 1.165) is 19.5 Å². The van der Waals surface area contributed by atoms with Gasteiger partial charge in [0.2, 0.25) is 0 Å². The Kier molecular flexibility index (Phi) is 5.34. The van der Waals surface area contributed by atoms with Crippen LogP contribution in [-0.4, -0.2) is 46.4 Å². The van der Waals surface area contributed by atoms with Gasteiger partial charge in [0, 0.05) is 50.2 Å². The quantitative estimate of drug-likeness (QED) is 0.934. The molecule has 0 saturated carbocycles. The van der Waals surface area contributed by atoms with E-state index in [2.05, 4.69) is 41.1 Å². The average molecular weight is 339 g/mol. The Bertz CT molecular complexity index is 785. The number of aromatic amines is 1. The standard InChI is InChI=1S/C20H25N3O2/c1-15-12-21-13-18(19(15)24)20(25)22-9-8-16(2)23(11-10-22)14-17-6-4-3-5-7-17/h3-7,12-13,16H,8-11,14H2,1-2H3,(H,21,24). The predicted octanol–water partition coefficient (Wildman–Crippen LogP) is 2.42. The van der Waals surface area contributed by atoms with Crippen LogP contribution in [0, 0.1) is 6.92 Å². The number of rotatable bonds is 3. The molecule has 1 aromatic heterocycles. The highest BCUT2D eigenvalue weighted by atomic mass is 16.2. The Hall–Kier alpha value is -2.40. The minimum absolute atomic E-state index is 0.168. The number of benzene rings is 1. The van der Waals surface area contributed by atoms with Gasteiger partial charge < -0.3 is 9.88 Å².